The van der Waals surface area contributed by atoms with Gasteiger partial charge in [0.25, 0.3) is 5.91 Å². The largest absolute Gasteiger partial charge is 0.353 e. The van der Waals surface area contributed by atoms with Gasteiger partial charge in [-0.1, -0.05) is 6.07 Å². The van der Waals surface area contributed by atoms with Crippen LogP contribution < -0.4 is 10.2 Å². The monoisotopic (exact) mass is 325 g/mol. The molecule has 1 aliphatic rings. The highest BCUT2D eigenvalue weighted by Crippen LogP contribution is 2.12. The van der Waals surface area contributed by atoms with Crippen molar-refractivity contribution in [2.75, 3.05) is 37.6 Å². The predicted octanol–water partition coefficient (Wildman–Crippen LogP) is 0.555. The Kier molecular flexibility index (Phi) is 5.00. The third kappa shape index (κ3) is 3.87. The lowest BCUT2D eigenvalue weighted by Crippen LogP contribution is -2.51. The standard InChI is InChI=1S/C17H19N5O2/c23-16(13-20-17(24)14-4-3-6-18-12-14)22-10-8-21(9-11-22)15-5-1-2-7-19-15/h1-7,12H,8-11,13H2,(H,20,24). The third-order valence-electron chi connectivity index (χ3n) is 3.93. The van der Waals surface area contributed by atoms with Crippen LogP contribution in [-0.2, 0) is 4.79 Å². The number of carbonyl (C=O) groups excluding carboxylic acids is 2. The number of rotatable bonds is 4. The summed E-state index contributed by atoms with van der Waals surface area (Å²) in [6.07, 6.45) is 4.84. The maximum absolute atomic E-state index is 12.2. The molecule has 3 rings (SSSR count). The summed E-state index contributed by atoms with van der Waals surface area (Å²) < 4.78 is 0. The van der Waals surface area contributed by atoms with Gasteiger partial charge in [-0.05, 0) is 24.3 Å². The van der Waals surface area contributed by atoms with Gasteiger partial charge < -0.3 is 15.1 Å². The fourth-order valence-electron chi connectivity index (χ4n) is 2.59. The molecule has 2 amide bonds. The van der Waals surface area contributed by atoms with Crippen LogP contribution in [0.2, 0.25) is 0 Å². The highest BCUT2D eigenvalue weighted by molar-refractivity contribution is 5.96. The van der Waals surface area contributed by atoms with Gasteiger partial charge in [0.2, 0.25) is 5.91 Å². The Labute approximate surface area is 140 Å². The van der Waals surface area contributed by atoms with Gasteiger partial charge >= 0.3 is 0 Å². The quantitative estimate of drug-likeness (QED) is 0.888. The van der Waals surface area contributed by atoms with Crippen LogP contribution in [-0.4, -0.2) is 59.4 Å². The van der Waals surface area contributed by atoms with Gasteiger partial charge in [0, 0.05) is 44.8 Å². The van der Waals surface area contributed by atoms with E-state index >= 15 is 0 Å². The zero-order valence-corrected chi connectivity index (χ0v) is 13.3. The predicted molar refractivity (Wildman–Crippen MR) is 89.6 cm³/mol. The van der Waals surface area contributed by atoms with E-state index in [2.05, 4.69) is 20.2 Å². The van der Waals surface area contributed by atoms with Gasteiger partial charge in [0.05, 0.1) is 12.1 Å². The first-order chi connectivity index (χ1) is 11.7. The zero-order chi connectivity index (χ0) is 16.8. The molecular weight excluding hydrogens is 306 g/mol. The average Bonchev–Trinajstić information content (AvgIpc) is 2.67. The van der Waals surface area contributed by atoms with Gasteiger partial charge in [0.15, 0.2) is 0 Å². The molecule has 1 fully saturated rings. The minimum atomic E-state index is -0.288. The van der Waals surface area contributed by atoms with Crippen molar-refractivity contribution in [2.45, 2.75) is 0 Å². The Hall–Kier alpha value is -2.96. The van der Waals surface area contributed by atoms with Crippen LogP contribution in [0.25, 0.3) is 0 Å². The van der Waals surface area contributed by atoms with Gasteiger partial charge in [-0.15, -0.1) is 0 Å². The molecule has 0 atom stereocenters. The molecule has 0 saturated carbocycles. The molecule has 3 heterocycles. The fraction of sp³-hybridized carbons (Fsp3) is 0.294. The number of hydrogen-bond donors (Lipinski definition) is 1. The molecule has 1 N–H and O–H groups in total. The molecule has 0 bridgehead atoms. The van der Waals surface area contributed by atoms with Crippen LogP contribution in [0.5, 0.6) is 0 Å². The van der Waals surface area contributed by atoms with Crippen LogP contribution in [0, 0.1) is 0 Å². The van der Waals surface area contributed by atoms with E-state index in [1.807, 2.05) is 18.2 Å². The molecule has 24 heavy (non-hydrogen) atoms. The number of hydrogen-bond acceptors (Lipinski definition) is 5. The maximum atomic E-state index is 12.2. The Morgan fingerprint density at radius 3 is 2.54 bits per heavy atom. The minimum Gasteiger partial charge on any atom is -0.353 e. The summed E-state index contributed by atoms with van der Waals surface area (Å²) in [7, 11) is 0. The topological polar surface area (TPSA) is 78.4 Å². The van der Waals surface area contributed by atoms with E-state index in [0.717, 1.165) is 18.9 Å². The summed E-state index contributed by atoms with van der Waals surface area (Å²) in [6, 6.07) is 9.15. The Bertz CT molecular complexity index is 685. The molecule has 1 saturated heterocycles. The highest BCUT2D eigenvalue weighted by Gasteiger charge is 2.22. The molecule has 0 unspecified atom stereocenters. The molecular formula is C17H19N5O2. The van der Waals surface area contributed by atoms with Gasteiger partial charge in [0.1, 0.15) is 5.82 Å². The number of pyridine rings is 2. The van der Waals surface area contributed by atoms with Crippen molar-refractivity contribution in [3.8, 4) is 0 Å². The lowest BCUT2D eigenvalue weighted by Gasteiger charge is -2.35. The third-order valence-corrected chi connectivity index (χ3v) is 3.93. The van der Waals surface area contributed by atoms with E-state index in [0.29, 0.717) is 18.7 Å². The average molecular weight is 325 g/mol. The molecule has 0 aliphatic carbocycles. The SMILES string of the molecule is O=C(NCC(=O)N1CCN(c2ccccn2)CC1)c1cccnc1. The number of nitrogens with one attached hydrogen (secondary N) is 1. The van der Waals surface area contributed by atoms with Gasteiger partial charge in [-0.2, -0.15) is 0 Å². The molecule has 2 aromatic heterocycles. The molecule has 1 aliphatic heterocycles. The van der Waals surface area contributed by atoms with E-state index in [1.165, 1.54) is 6.20 Å². The molecule has 7 nitrogen and oxygen atoms in total. The summed E-state index contributed by atoms with van der Waals surface area (Å²) >= 11 is 0. The van der Waals surface area contributed by atoms with E-state index in [4.69, 9.17) is 0 Å². The summed E-state index contributed by atoms with van der Waals surface area (Å²) in [4.78, 5) is 36.3. The van der Waals surface area contributed by atoms with Crippen molar-refractivity contribution in [3.63, 3.8) is 0 Å². The second kappa shape index (κ2) is 7.54. The molecule has 0 spiro atoms. The summed E-state index contributed by atoms with van der Waals surface area (Å²) in [5, 5.41) is 2.64. The van der Waals surface area contributed by atoms with Crippen molar-refractivity contribution in [3.05, 3.63) is 54.5 Å². The lowest BCUT2D eigenvalue weighted by molar-refractivity contribution is -0.130. The molecule has 7 heteroatoms. The van der Waals surface area contributed by atoms with E-state index in [-0.39, 0.29) is 18.4 Å². The van der Waals surface area contributed by atoms with E-state index in [1.54, 1.807) is 29.4 Å². The van der Waals surface area contributed by atoms with Crippen molar-refractivity contribution in [2.24, 2.45) is 0 Å². The van der Waals surface area contributed by atoms with E-state index in [9.17, 15) is 9.59 Å². The van der Waals surface area contributed by atoms with Gasteiger partial charge in [-0.25, -0.2) is 4.98 Å². The second-order valence-corrected chi connectivity index (χ2v) is 5.48. The minimum absolute atomic E-state index is 0.00266. The molecule has 0 aromatic carbocycles. The molecule has 0 radical (unpaired) electrons. The molecule has 124 valence electrons. The number of nitrogens with zero attached hydrogens (tertiary/aromatic N) is 4. The summed E-state index contributed by atoms with van der Waals surface area (Å²) in [5.41, 5.74) is 0.449. The number of aromatic nitrogens is 2. The number of piperazine rings is 1. The number of anilines is 1. The first kappa shape index (κ1) is 15.9. The summed E-state index contributed by atoms with van der Waals surface area (Å²) in [6.45, 7) is 2.71. The second-order valence-electron chi connectivity index (χ2n) is 5.48. The fourth-order valence-corrected chi connectivity index (χ4v) is 2.59. The van der Waals surface area contributed by atoms with Crippen LogP contribution in [0.3, 0.4) is 0 Å². The van der Waals surface area contributed by atoms with Crippen LogP contribution in [0.1, 0.15) is 10.4 Å². The van der Waals surface area contributed by atoms with Crippen LogP contribution in [0.15, 0.2) is 48.9 Å². The normalized spacial score (nSPS) is 14.3. The maximum Gasteiger partial charge on any atom is 0.253 e. The number of amides is 2. The van der Waals surface area contributed by atoms with E-state index < -0.39 is 0 Å². The summed E-state index contributed by atoms with van der Waals surface area (Å²) in [5.74, 6) is 0.561. The lowest BCUT2D eigenvalue weighted by atomic mass is 10.2. The van der Waals surface area contributed by atoms with Crippen LogP contribution in [0.4, 0.5) is 5.82 Å². The van der Waals surface area contributed by atoms with Crippen molar-refractivity contribution in [1.82, 2.24) is 20.2 Å². The number of carbonyl (C=O) groups is 2. The first-order valence-electron chi connectivity index (χ1n) is 7.86. The zero-order valence-electron chi connectivity index (χ0n) is 13.3. The first-order valence-corrected chi connectivity index (χ1v) is 7.86. The Morgan fingerprint density at radius 1 is 1.04 bits per heavy atom. The van der Waals surface area contributed by atoms with Crippen LogP contribution >= 0.6 is 0 Å². The smallest absolute Gasteiger partial charge is 0.253 e. The van der Waals surface area contributed by atoms with Crippen molar-refractivity contribution in [1.29, 1.82) is 0 Å². The van der Waals surface area contributed by atoms with Gasteiger partial charge in [-0.3, -0.25) is 14.6 Å². The Morgan fingerprint density at radius 2 is 1.88 bits per heavy atom. The Balaban J connectivity index is 1.46. The van der Waals surface area contributed by atoms with Crippen molar-refractivity contribution < 1.29 is 9.59 Å². The van der Waals surface area contributed by atoms with Crippen molar-refractivity contribution >= 4 is 17.6 Å². The highest BCUT2D eigenvalue weighted by atomic mass is 16.2. The molecule has 2 aromatic rings.